The van der Waals surface area contributed by atoms with Crippen LogP contribution in [0.15, 0.2) is 53.4 Å². The van der Waals surface area contributed by atoms with Gasteiger partial charge >= 0.3 is 0 Å². The van der Waals surface area contributed by atoms with E-state index < -0.39 is 28.8 Å². The Morgan fingerprint density at radius 1 is 1.03 bits per heavy atom. The molecule has 0 radical (unpaired) electrons. The van der Waals surface area contributed by atoms with E-state index in [4.69, 9.17) is 11.6 Å². The first kappa shape index (κ1) is 22.5. The number of nitrogens with one attached hydrogen (secondary N) is 2. The Hall–Kier alpha value is -3.17. The van der Waals surface area contributed by atoms with E-state index in [2.05, 4.69) is 10.6 Å². The lowest BCUT2D eigenvalue weighted by Gasteiger charge is -2.13. The molecule has 2 aromatic rings. The van der Waals surface area contributed by atoms with E-state index in [-0.39, 0.29) is 24.5 Å². The number of nitrogens with zero attached hydrogens (tertiary/aromatic N) is 1. The molecule has 4 amide bonds. The summed E-state index contributed by atoms with van der Waals surface area (Å²) in [5.74, 6) is -1.77. The summed E-state index contributed by atoms with van der Waals surface area (Å²) >= 11 is 6.54. The molecule has 1 fully saturated rings. The molecule has 2 N–H and O–H groups in total. The lowest BCUT2D eigenvalue weighted by atomic mass is 10.2. The first-order valence-corrected chi connectivity index (χ1v) is 10.3. The minimum Gasteiger partial charge on any atom is -0.353 e. The largest absolute Gasteiger partial charge is 0.353 e. The summed E-state index contributed by atoms with van der Waals surface area (Å²) in [4.78, 5) is 49.7. The Morgan fingerprint density at radius 3 is 2.39 bits per heavy atom. The van der Waals surface area contributed by atoms with Gasteiger partial charge in [-0.3, -0.25) is 24.1 Å². The Morgan fingerprint density at radius 2 is 1.71 bits per heavy atom. The number of carbonyl (C=O) groups is 4. The summed E-state index contributed by atoms with van der Waals surface area (Å²) in [5.41, 5.74) is 0.958. The standard InChI is InChI=1S/C21H17ClFN3O4S/c22-15-5-3-14(4-6-15)19(28)25-12-18(27)24-9-10-26-20(29)17(31-21(26)30)11-13-1-7-16(23)8-2-13/h1-8,11H,9-10,12H2,(H,24,27)(H,25,28)/b17-11-. The Bertz CT molecular complexity index is 1040. The van der Waals surface area contributed by atoms with Crippen LogP contribution in [-0.2, 0) is 9.59 Å². The topological polar surface area (TPSA) is 95.6 Å². The van der Waals surface area contributed by atoms with Gasteiger partial charge in [0.15, 0.2) is 0 Å². The second-order valence-corrected chi connectivity index (χ2v) is 7.85. The SMILES string of the molecule is O=C(CNC(=O)c1ccc(Cl)cc1)NCCN1C(=O)S/C(=C\c2ccc(F)cc2)C1=O. The molecule has 3 rings (SSSR count). The van der Waals surface area contributed by atoms with Gasteiger partial charge in [-0.05, 0) is 59.8 Å². The van der Waals surface area contributed by atoms with Crippen molar-refractivity contribution in [1.29, 1.82) is 0 Å². The van der Waals surface area contributed by atoms with Gasteiger partial charge in [0, 0.05) is 23.7 Å². The summed E-state index contributed by atoms with van der Waals surface area (Å²) in [7, 11) is 0. The summed E-state index contributed by atoms with van der Waals surface area (Å²) < 4.78 is 13.0. The van der Waals surface area contributed by atoms with Crippen LogP contribution in [0.1, 0.15) is 15.9 Å². The maximum Gasteiger partial charge on any atom is 0.293 e. The molecule has 2 aromatic carbocycles. The molecule has 1 saturated heterocycles. The van der Waals surface area contributed by atoms with Crippen LogP contribution in [-0.4, -0.2) is 47.5 Å². The second kappa shape index (κ2) is 10.2. The number of halogens is 2. The van der Waals surface area contributed by atoms with Gasteiger partial charge in [0.2, 0.25) is 5.91 Å². The van der Waals surface area contributed by atoms with Crippen molar-refractivity contribution in [3.63, 3.8) is 0 Å². The summed E-state index contributed by atoms with van der Waals surface area (Å²) in [6, 6.07) is 11.7. The first-order valence-electron chi connectivity index (χ1n) is 9.15. The van der Waals surface area contributed by atoms with Crippen LogP contribution >= 0.6 is 23.4 Å². The molecule has 0 unspecified atom stereocenters. The van der Waals surface area contributed by atoms with E-state index in [1.54, 1.807) is 12.1 Å². The van der Waals surface area contributed by atoms with E-state index in [1.807, 2.05) is 0 Å². The number of hydrogen-bond acceptors (Lipinski definition) is 5. The maximum atomic E-state index is 13.0. The number of imide groups is 1. The lowest BCUT2D eigenvalue weighted by Crippen LogP contribution is -2.41. The van der Waals surface area contributed by atoms with Crippen molar-refractivity contribution in [3.05, 3.63) is 75.4 Å². The van der Waals surface area contributed by atoms with Crippen molar-refractivity contribution < 1.29 is 23.6 Å². The molecule has 0 aromatic heterocycles. The van der Waals surface area contributed by atoms with Crippen LogP contribution in [0.2, 0.25) is 5.02 Å². The monoisotopic (exact) mass is 461 g/mol. The van der Waals surface area contributed by atoms with Gasteiger partial charge in [-0.2, -0.15) is 0 Å². The number of amides is 4. The molecule has 1 heterocycles. The number of carbonyl (C=O) groups excluding carboxylic acids is 4. The van der Waals surface area contributed by atoms with Crippen molar-refractivity contribution in [1.82, 2.24) is 15.5 Å². The van der Waals surface area contributed by atoms with Crippen molar-refractivity contribution in [3.8, 4) is 0 Å². The number of rotatable bonds is 7. The molecule has 0 bridgehead atoms. The normalized spacial score (nSPS) is 14.8. The van der Waals surface area contributed by atoms with Crippen LogP contribution in [0.3, 0.4) is 0 Å². The smallest absolute Gasteiger partial charge is 0.293 e. The van der Waals surface area contributed by atoms with Gasteiger partial charge in [-0.25, -0.2) is 4.39 Å². The quantitative estimate of drug-likeness (QED) is 0.618. The van der Waals surface area contributed by atoms with Gasteiger partial charge in [0.25, 0.3) is 17.1 Å². The highest BCUT2D eigenvalue weighted by molar-refractivity contribution is 8.18. The van der Waals surface area contributed by atoms with Crippen LogP contribution in [0, 0.1) is 5.82 Å². The Labute approximate surface area is 186 Å². The molecule has 0 saturated carbocycles. The fraction of sp³-hybridized carbons (Fsp3) is 0.143. The van der Waals surface area contributed by atoms with E-state index in [1.165, 1.54) is 42.5 Å². The molecule has 0 atom stereocenters. The van der Waals surface area contributed by atoms with Crippen molar-refractivity contribution in [2.24, 2.45) is 0 Å². The third-order valence-electron chi connectivity index (χ3n) is 4.21. The third-order valence-corrected chi connectivity index (χ3v) is 5.37. The van der Waals surface area contributed by atoms with Gasteiger partial charge < -0.3 is 10.6 Å². The number of benzene rings is 2. The van der Waals surface area contributed by atoms with Gasteiger partial charge in [-0.1, -0.05) is 23.7 Å². The van der Waals surface area contributed by atoms with E-state index >= 15 is 0 Å². The summed E-state index contributed by atoms with van der Waals surface area (Å²) in [6.07, 6.45) is 1.51. The number of hydrogen-bond donors (Lipinski definition) is 2. The van der Waals surface area contributed by atoms with Crippen LogP contribution < -0.4 is 10.6 Å². The third kappa shape index (κ3) is 6.16. The van der Waals surface area contributed by atoms with Crippen LogP contribution in [0.5, 0.6) is 0 Å². The predicted octanol–water partition coefficient (Wildman–Crippen LogP) is 3.06. The zero-order valence-electron chi connectivity index (χ0n) is 16.1. The molecule has 1 aliphatic rings. The van der Waals surface area contributed by atoms with Crippen molar-refractivity contribution >= 4 is 52.4 Å². The van der Waals surface area contributed by atoms with E-state index in [9.17, 15) is 23.6 Å². The molecular weight excluding hydrogens is 445 g/mol. The first-order chi connectivity index (χ1) is 14.8. The molecule has 31 heavy (non-hydrogen) atoms. The van der Waals surface area contributed by atoms with Crippen LogP contribution in [0.25, 0.3) is 6.08 Å². The molecule has 0 aliphatic carbocycles. The minimum atomic E-state index is -0.482. The number of thioether (sulfide) groups is 1. The molecule has 7 nitrogen and oxygen atoms in total. The average Bonchev–Trinajstić information content (AvgIpc) is 3.01. The Kier molecular flexibility index (Phi) is 7.43. The molecule has 1 aliphatic heterocycles. The second-order valence-electron chi connectivity index (χ2n) is 6.42. The van der Waals surface area contributed by atoms with E-state index in [0.717, 1.165) is 16.7 Å². The minimum absolute atomic E-state index is 0.0116. The molecule has 160 valence electrons. The van der Waals surface area contributed by atoms with Crippen LogP contribution in [0.4, 0.5) is 9.18 Å². The van der Waals surface area contributed by atoms with Crippen molar-refractivity contribution in [2.45, 2.75) is 0 Å². The fourth-order valence-corrected chi connectivity index (χ4v) is 3.63. The zero-order valence-corrected chi connectivity index (χ0v) is 17.6. The highest BCUT2D eigenvalue weighted by Crippen LogP contribution is 2.31. The fourth-order valence-electron chi connectivity index (χ4n) is 2.64. The Balaban J connectivity index is 1.45. The zero-order chi connectivity index (χ0) is 22.4. The van der Waals surface area contributed by atoms with Gasteiger partial charge in [0.1, 0.15) is 5.82 Å². The van der Waals surface area contributed by atoms with Gasteiger partial charge in [-0.15, -0.1) is 0 Å². The van der Waals surface area contributed by atoms with E-state index in [0.29, 0.717) is 16.1 Å². The highest BCUT2D eigenvalue weighted by atomic mass is 35.5. The average molecular weight is 462 g/mol. The highest BCUT2D eigenvalue weighted by Gasteiger charge is 2.34. The summed E-state index contributed by atoms with van der Waals surface area (Å²) in [5, 5.41) is 5.06. The summed E-state index contributed by atoms with van der Waals surface area (Å²) in [6.45, 7) is -0.229. The molecule has 0 spiro atoms. The predicted molar refractivity (Wildman–Crippen MR) is 116 cm³/mol. The lowest BCUT2D eigenvalue weighted by molar-refractivity contribution is -0.124. The molecule has 10 heteroatoms. The van der Waals surface area contributed by atoms with Crippen molar-refractivity contribution in [2.75, 3.05) is 19.6 Å². The molecular formula is C21H17ClFN3O4S. The van der Waals surface area contributed by atoms with Gasteiger partial charge in [0.05, 0.1) is 11.4 Å². The maximum absolute atomic E-state index is 13.0.